The molecule has 0 aliphatic heterocycles. The largest absolute Gasteiger partial charge is 0.314 e. The molecule has 31 heavy (non-hydrogen) atoms. The van der Waals surface area contributed by atoms with Crippen molar-refractivity contribution in [3.8, 4) is 12.3 Å². The molecular formula is C30H39N. The van der Waals surface area contributed by atoms with Crippen molar-refractivity contribution < 1.29 is 0 Å². The van der Waals surface area contributed by atoms with Crippen LogP contribution < -0.4 is 10.6 Å². The number of hydrogen-bond donors (Lipinski definition) is 0. The van der Waals surface area contributed by atoms with Crippen molar-refractivity contribution in [3.63, 3.8) is 0 Å². The number of rotatable bonds is 9. The Morgan fingerprint density at radius 1 is 1.13 bits per heavy atom. The van der Waals surface area contributed by atoms with Crippen LogP contribution in [0.2, 0.25) is 0 Å². The Kier molecular flexibility index (Phi) is 9.67. The van der Waals surface area contributed by atoms with Gasteiger partial charge >= 0.3 is 0 Å². The van der Waals surface area contributed by atoms with Crippen molar-refractivity contribution in [1.29, 1.82) is 0 Å². The maximum Gasteiger partial charge on any atom is 0.0491 e. The molecular weight excluding hydrogens is 374 g/mol. The molecule has 0 amide bonds. The second kappa shape index (κ2) is 12.2. The van der Waals surface area contributed by atoms with Gasteiger partial charge in [0.15, 0.2) is 0 Å². The molecule has 0 unspecified atom stereocenters. The Hall–Kier alpha value is -2.72. The minimum Gasteiger partial charge on any atom is -0.314 e. The maximum absolute atomic E-state index is 4.60. The summed E-state index contributed by atoms with van der Waals surface area (Å²) in [6.07, 6.45) is 16.6. The number of aryl methyl sites for hydroxylation is 2. The lowest BCUT2D eigenvalue weighted by atomic mass is 9.97. The van der Waals surface area contributed by atoms with Gasteiger partial charge in [-0.25, -0.2) is 0 Å². The maximum atomic E-state index is 4.60. The van der Waals surface area contributed by atoms with Crippen LogP contribution >= 0.6 is 0 Å². The summed E-state index contributed by atoms with van der Waals surface area (Å²) >= 11 is 0. The number of benzene rings is 1. The van der Waals surface area contributed by atoms with E-state index in [0.717, 1.165) is 25.0 Å². The quantitative estimate of drug-likeness (QED) is 0.243. The van der Waals surface area contributed by atoms with Crippen molar-refractivity contribution >= 4 is 17.3 Å². The monoisotopic (exact) mass is 413 g/mol. The highest BCUT2D eigenvalue weighted by Gasteiger charge is 2.13. The van der Waals surface area contributed by atoms with Crippen molar-refractivity contribution in [2.45, 2.75) is 79.1 Å². The van der Waals surface area contributed by atoms with Gasteiger partial charge in [-0.15, -0.1) is 12.3 Å². The number of hydrogen-bond acceptors (Lipinski definition) is 0. The molecule has 0 saturated heterocycles. The van der Waals surface area contributed by atoms with E-state index in [2.05, 4.69) is 87.2 Å². The smallest absolute Gasteiger partial charge is 0.0491 e. The molecule has 0 saturated carbocycles. The lowest BCUT2D eigenvalue weighted by Crippen LogP contribution is -2.33. The molecule has 1 nitrogen and oxygen atoms in total. The lowest BCUT2D eigenvalue weighted by molar-refractivity contribution is 0.667. The summed E-state index contributed by atoms with van der Waals surface area (Å²) in [7, 11) is 0. The first-order chi connectivity index (χ1) is 14.9. The topological polar surface area (TPSA) is 4.93 Å². The van der Waals surface area contributed by atoms with Crippen LogP contribution in [0.25, 0.3) is 17.3 Å². The van der Waals surface area contributed by atoms with Crippen LogP contribution in [0.3, 0.4) is 0 Å². The van der Waals surface area contributed by atoms with Crippen molar-refractivity contribution in [3.05, 3.63) is 76.5 Å². The summed E-state index contributed by atoms with van der Waals surface area (Å²) in [4.78, 5) is 0. The zero-order valence-electron chi connectivity index (χ0n) is 20.1. The van der Waals surface area contributed by atoms with E-state index in [0.29, 0.717) is 0 Å². The van der Waals surface area contributed by atoms with Gasteiger partial charge in [0, 0.05) is 16.7 Å². The molecule has 0 radical (unpaired) electrons. The first kappa shape index (κ1) is 24.5. The molecule has 164 valence electrons. The Labute approximate surface area is 189 Å². The van der Waals surface area contributed by atoms with Crippen LogP contribution in [0.5, 0.6) is 0 Å². The minimum absolute atomic E-state index is 1.00. The number of aromatic nitrogens is 1. The molecule has 2 aromatic rings. The Balaban J connectivity index is 0.00000107. The van der Waals surface area contributed by atoms with Crippen LogP contribution in [-0.2, 0) is 6.42 Å². The summed E-state index contributed by atoms with van der Waals surface area (Å²) in [5.74, 6) is 2.25. The predicted octanol–water partition coefficient (Wildman–Crippen LogP) is 6.77. The van der Waals surface area contributed by atoms with E-state index in [9.17, 15) is 0 Å². The number of allylic oxidation sites excluding steroid dienone is 1. The molecule has 3 rings (SSSR count). The van der Waals surface area contributed by atoms with Gasteiger partial charge in [-0.05, 0) is 75.3 Å². The lowest BCUT2D eigenvalue weighted by Gasteiger charge is -2.14. The molecule has 1 aliphatic carbocycles. The van der Waals surface area contributed by atoms with E-state index in [1.165, 1.54) is 70.6 Å². The van der Waals surface area contributed by atoms with Gasteiger partial charge in [0.1, 0.15) is 0 Å². The van der Waals surface area contributed by atoms with Crippen LogP contribution in [0.15, 0.2) is 49.1 Å². The standard InChI is InChI=1S/C27H35N.C3H4/c1-6-7-8-9-11-23-14-16-24(17-15-23)22(5)28-21(4)19-26-25(18-20(2)3)12-10-13-27(26)28;1-3-2/h13-17,19H,2,5-12,18H2,1,3-4H3;1H,2H3. The molecule has 1 aliphatic rings. The molecule has 0 fully saturated rings. The van der Waals surface area contributed by atoms with Crippen LogP contribution in [0.4, 0.5) is 0 Å². The molecule has 0 bridgehead atoms. The first-order valence-electron chi connectivity index (χ1n) is 11.6. The molecule has 1 heteroatoms. The van der Waals surface area contributed by atoms with E-state index in [4.69, 9.17) is 0 Å². The van der Waals surface area contributed by atoms with Gasteiger partial charge in [-0.3, -0.25) is 0 Å². The predicted molar refractivity (Wildman–Crippen MR) is 138 cm³/mol. The van der Waals surface area contributed by atoms with Gasteiger partial charge < -0.3 is 4.57 Å². The van der Waals surface area contributed by atoms with Gasteiger partial charge in [0.05, 0.1) is 0 Å². The molecule has 1 heterocycles. The van der Waals surface area contributed by atoms with E-state index < -0.39 is 0 Å². The number of unbranched alkanes of at least 4 members (excludes halogenated alkanes) is 3. The van der Waals surface area contributed by atoms with Gasteiger partial charge in [-0.1, -0.05) is 80.8 Å². The Morgan fingerprint density at radius 2 is 1.81 bits per heavy atom. The molecule has 0 atom stereocenters. The zero-order chi connectivity index (χ0) is 22.8. The number of fused-ring (bicyclic) bond motifs is 1. The Bertz CT molecular complexity index is 1050. The highest BCUT2D eigenvalue weighted by molar-refractivity contribution is 5.66. The fourth-order valence-electron chi connectivity index (χ4n) is 4.32. The van der Waals surface area contributed by atoms with Crippen LogP contribution in [0, 0.1) is 19.3 Å². The van der Waals surface area contributed by atoms with Crippen LogP contribution in [0.1, 0.15) is 82.5 Å². The summed E-state index contributed by atoms with van der Waals surface area (Å²) in [6.45, 7) is 16.8. The SMILES string of the molecule is C#CC.C=C(C)CC1=c2cc(C)n(C(=C)c3ccc(CCCCCC)cc3)c2=CCC1. The van der Waals surface area contributed by atoms with Crippen molar-refractivity contribution in [1.82, 2.24) is 4.57 Å². The normalized spacial score (nSPS) is 12.2. The average Bonchev–Trinajstić information content (AvgIpc) is 3.08. The van der Waals surface area contributed by atoms with Gasteiger partial charge in [-0.2, -0.15) is 0 Å². The summed E-state index contributed by atoms with van der Waals surface area (Å²) in [6, 6.07) is 11.4. The van der Waals surface area contributed by atoms with Gasteiger partial charge in [0.25, 0.3) is 0 Å². The molecule has 0 N–H and O–H groups in total. The third-order valence-corrected chi connectivity index (χ3v) is 5.78. The summed E-state index contributed by atoms with van der Waals surface area (Å²) in [5, 5.41) is 2.70. The minimum atomic E-state index is 1.00. The highest BCUT2D eigenvalue weighted by Crippen LogP contribution is 2.20. The van der Waals surface area contributed by atoms with Gasteiger partial charge in [0.2, 0.25) is 0 Å². The molecule has 0 spiro atoms. The fraction of sp³-hybridized carbons (Fsp3) is 0.400. The van der Waals surface area contributed by atoms with Crippen molar-refractivity contribution in [2.24, 2.45) is 0 Å². The fourth-order valence-corrected chi connectivity index (χ4v) is 4.32. The van der Waals surface area contributed by atoms with E-state index in [1.54, 1.807) is 6.92 Å². The second-order valence-electron chi connectivity index (χ2n) is 8.64. The molecule has 1 aromatic carbocycles. The highest BCUT2D eigenvalue weighted by atomic mass is 15.0. The average molecular weight is 414 g/mol. The van der Waals surface area contributed by atoms with E-state index in [1.807, 2.05) is 0 Å². The summed E-state index contributed by atoms with van der Waals surface area (Å²) in [5.41, 5.74) is 7.73. The van der Waals surface area contributed by atoms with E-state index in [-0.39, 0.29) is 0 Å². The number of terminal acetylenes is 1. The van der Waals surface area contributed by atoms with Crippen LogP contribution in [-0.4, -0.2) is 4.57 Å². The third kappa shape index (κ3) is 6.63. The second-order valence-corrected chi connectivity index (χ2v) is 8.64. The first-order valence-corrected chi connectivity index (χ1v) is 11.6. The molecule has 1 aromatic heterocycles. The zero-order valence-corrected chi connectivity index (χ0v) is 20.1. The number of nitrogens with zero attached hydrogens (tertiary/aromatic N) is 1. The summed E-state index contributed by atoms with van der Waals surface area (Å²) < 4.78 is 2.34. The van der Waals surface area contributed by atoms with Crippen molar-refractivity contribution in [2.75, 3.05) is 0 Å². The third-order valence-electron chi connectivity index (χ3n) is 5.78. The Morgan fingerprint density at radius 3 is 2.42 bits per heavy atom. The van der Waals surface area contributed by atoms with E-state index >= 15 is 0 Å².